The van der Waals surface area contributed by atoms with Crippen molar-refractivity contribution in [3.63, 3.8) is 0 Å². The van der Waals surface area contributed by atoms with Gasteiger partial charge in [0.05, 0.1) is 12.7 Å². The van der Waals surface area contributed by atoms with Gasteiger partial charge >= 0.3 is 6.18 Å². The van der Waals surface area contributed by atoms with Crippen LogP contribution in [0.2, 0.25) is 0 Å². The summed E-state index contributed by atoms with van der Waals surface area (Å²) in [5.74, 6) is 1.25. The molecule has 0 unspecified atom stereocenters. The number of rotatable bonds is 7. The summed E-state index contributed by atoms with van der Waals surface area (Å²) >= 11 is 0. The van der Waals surface area contributed by atoms with E-state index in [0.29, 0.717) is 22.8 Å². The quantitative estimate of drug-likeness (QED) is 0.824. The fourth-order valence-electron chi connectivity index (χ4n) is 2.22. The number of halogens is 3. The number of alkyl halides is 3. The highest BCUT2D eigenvalue weighted by molar-refractivity contribution is 5.56. The van der Waals surface area contributed by atoms with Crippen molar-refractivity contribution in [3.8, 4) is 11.5 Å². The maximum absolute atomic E-state index is 12.6. The van der Waals surface area contributed by atoms with Gasteiger partial charge in [-0.15, -0.1) is 0 Å². The van der Waals surface area contributed by atoms with Crippen LogP contribution in [-0.2, 0) is 6.54 Å². The van der Waals surface area contributed by atoms with Crippen LogP contribution in [0.5, 0.6) is 0 Å². The summed E-state index contributed by atoms with van der Waals surface area (Å²) in [5.41, 5.74) is 1.20. The number of furan rings is 1. The molecule has 0 atom stereocenters. The predicted octanol–water partition coefficient (Wildman–Crippen LogP) is 2.72. The van der Waals surface area contributed by atoms with E-state index in [4.69, 9.17) is 9.52 Å². The molecule has 0 saturated heterocycles. The molecule has 2 aromatic heterocycles. The molecule has 0 bridgehead atoms. The molecular weight excluding hydrogens is 299 g/mol. The second kappa shape index (κ2) is 6.97. The first-order valence-corrected chi connectivity index (χ1v) is 6.88. The number of H-pyrrole nitrogens is 1. The van der Waals surface area contributed by atoms with Gasteiger partial charge in [-0.3, -0.25) is 10.00 Å². The minimum atomic E-state index is -4.29. The zero-order chi connectivity index (χ0) is 16.2. The topological polar surface area (TPSA) is 65.3 Å². The summed E-state index contributed by atoms with van der Waals surface area (Å²) in [6, 6.07) is 3.52. The first kappa shape index (κ1) is 16.6. The number of aliphatic hydroxyl groups excluding tert-OH is 1. The van der Waals surface area contributed by atoms with E-state index in [1.807, 2.05) is 0 Å². The highest BCUT2D eigenvalue weighted by atomic mass is 19.4. The van der Waals surface area contributed by atoms with Crippen molar-refractivity contribution in [1.29, 1.82) is 0 Å². The Labute approximate surface area is 125 Å². The molecule has 22 heavy (non-hydrogen) atoms. The summed E-state index contributed by atoms with van der Waals surface area (Å²) in [5, 5.41) is 15.5. The summed E-state index contributed by atoms with van der Waals surface area (Å²) in [7, 11) is 0. The molecule has 5 nitrogen and oxygen atoms in total. The van der Waals surface area contributed by atoms with Crippen molar-refractivity contribution in [3.05, 3.63) is 29.7 Å². The van der Waals surface area contributed by atoms with E-state index in [1.54, 1.807) is 19.1 Å². The van der Waals surface area contributed by atoms with Gasteiger partial charge in [0, 0.05) is 25.3 Å². The van der Waals surface area contributed by atoms with Gasteiger partial charge in [0.1, 0.15) is 11.5 Å². The molecule has 0 aromatic carbocycles. The number of aliphatic hydroxyl groups is 1. The highest BCUT2D eigenvalue weighted by Gasteiger charge is 2.31. The van der Waals surface area contributed by atoms with Crippen LogP contribution in [-0.4, -0.2) is 46.1 Å². The zero-order valence-corrected chi connectivity index (χ0v) is 12.2. The van der Waals surface area contributed by atoms with Gasteiger partial charge in [-0.2, -0.15) is 18.3 Å². The molecule has 0 aliphatic rings. The van der Waals surface area contributed by atoms with Gasteiger partial charge in [0.15, 0.2) is 5.76 Å². The Bertz CT molecular complexity index is 592. The monoisotopic (exact) mass is 317 g/mol. The summed E-state index contributed by atoms with van der Waals surface area (Å²) in [6.45, 7) is 0.832. The number of hydrogen-bond donors (Lipinski definition) is 2. The number of hydrogen-bond acceptors (Lipinski definition) is 4. The van der Waals surface area contributed by atoms with Crippen molar-refractivity contribution in [2.75, 3.05) is 19.7 Å². The molecule has 8 heteroatoms. The largest absolute Gasteiger partial charge is 0.460 e. The molecular formula is C14H18F3N3O2. The first-order chi connectivity index (χ1) is 10.4. The summed E-state index contributed by atoms with van der Waals surface area (Å²) in [4.78, 5) is 1.24. The third-order valence-corrected chi connectivity index (χ3v) is 3.13. The third-order valence-electron chi connectivity index (χ3n) is 3.13. The Hall–Kier alpha value is -1.80. The Balaban J connectivity index is 2.14. The van der Waals surface area contributed by atoms with Crippen molar-refractivity contribution < 1.29 is 22.7 Å². The van der Waals surface area contributed by atoms with E-state index >= 15 is 0 Å². The zero-order valence-electron chi connectivity index (χ0n) is 12.2. The minimum Gasteiger partial charge on any atom is -0.460 e. The molecule has 0 spiro atoms. The minimum absolute atomic E-state index is 0.0745. The normalized spacial score (nSPS) is 12.3. The molecule has 2 aromatic rings. The number of nitrogens with zero attached hydrogens (tertiary/aromatic N) is 2. The van der Waals surface area contributed by atoms with E-state index in [-0.39, 0.29) is 26.1 Å². The Morgan fingerprint density at radius 1 is 1.36 bits per heavy atom. The van der Waals surface area contributed by atoms with Crippen LogP contribution in [0, 0.1) is 6.92 Å². The van der Waals surface area contributed by atoms with Crippen LogP contribution in [0.15, 0.2) is 22.7 Å². The van der Waals surface area contributed by atoms with Crippen LogP contribution in [0.25, 0.3) is 11.5 Å². The van der Waals surface area contributed by atoms with Crippen molar-refractivity contribution >= 4 is 0 Å². The Kier molecular flexibility index (Phi) is 5.25. The van der Waals surface area contributed by atoms with Gasteiger partial charge in [-0.05, 0) is 25.5 Å². The van der Waals surface area contributed by atoms with E-state index in [9.17, 15) is 13.2 Å². The van der Waals surface area contributed by atoms with Crippen LogP contribution in [0.3, 0.4) is 0 Å². The lowest BCUT2D eigenvalue weighted by Gasteiger charge is -2.23. The molecule has 0 fully saturated rings. The molecule has 2 N–H and O–H groups in total. The fraction of sp³-hybridized carbons (Fsp3) is 0.500. The number of nitrogens with one attached hydrogen (secondary N) is 1. The molecule has 0 amide bonds. The first-order valence-electron chi connectivity index (χ1n) is 6.88. The van der Waals surface area contributed by atoms with Gasteiger partial charge in [-0.1, -0.05) is 0 Å². The number of aromatic nitrogens is 2. The van der Waals surface area contributed by atoms with Gasteiger partial charge in [0.2, 0.25) is 0 Å². The van der Waals surface area contributed by atoms with Gasteiger partial charge in [0.25, 0.3) is 0 Å². The SMILES string of the molecule is Cc1ccc(-c2[nH]ncc2CN(CCCO)CC(F)(F)F)o1. The van der Waals surface area contributed by atoms with Gasteiger partial charge in [-0.25, -0.2) is 0 Å². The molecule has 0 radical (unpaired) electrons. The molecule has 0 aliphatic carbocycles. The van der Waals surface area contributed by atoms with Crippen LogP contribution >= 0.6 is 0 Å². The van der Waals surface area contributed by atoms with E-state index in [2.05, 4.69) is 10.2 Å². The lowest BCUT2D eigenvalue weighted by atomic mass is 10.2. The third kappa shape index (κ3) is 4.60. The fourth-order valence-corrected chi connectivity index (χ4v) is 2.22. The Morgan fingerprint density at radius 3 is 2.73 bits per heavy atom. The Morgan fingerprint density at radius 2 is 2.14 bits per heavy atom. The maximum Gasteiger partial charge on any atom is 0.401 e. The second-order valence-electron chi connectivity index (χ2n) is 5.08. The lowest BCUT2D eigenvalue weighted by Crippen LogP contribution is -2.34. The van der Waals surface area contributed by atoms with E-state index in [0.717, 1.165) is 0 Å². The molecule has 2 heterocycles. The van der Waals surface area contributed by atoms with Crippen molar-refractivity contribution in [2.24, 2.45) is 0 Å². The second-order valence-corrected chi connectivity index (χ2v) is 5.08. The summed E-state index contributed by atoms with van der Waals surface area (Å²) < 4.78 is 43.4. The number of aryl methyl sites for hydroxylation is 1. The van der Waals surface area contributed by atoms with Gasteiger partial charge < -0.3 is 9.52 Å². The van der Waals surface area contributed by atoms with Crippen LogP contribution in [0.4, 0.5) is 13.2 Å². The van der Waals surface area contributed by atoms with Crippen molar-refractivity contribution in [2.45, 2.75) is 26.1 Å². The lowest BCUT2D eigenvalue weighted by molar-refractivity contribution is -0.147. The molecule has 0 aliphatic heterocycles. The average Bonchev–Trinajstić information content (AvgIpc) is 3.03. The van der Waals surface area contributed by atoms with Crippen molar-refractivity contribution in [1.82, 2.24) is 15.1 Å². The smallest absolute Gasteiger partial charge is 0.401 e. The van der Waals surface area contributed by atoms with E-state index in [1.165, 1.54) is 11.1 Å². The highest BCUT2D eigenvalue weighted by Crippen LogP contribution is 2.25. The molecule has 122 valence electrons. The van der Waals surface area contributed by atoms with Crippen LogP contribution in [0.1, 0.15) is 17.7 Å². The molecule has 0 saturated carbocycles. The average molecular weight is 317 g/mol. The number of aromatic amines is 1. The predicted molar refractivity (Wildman–Crippen MR) is 74.1 cm³/mol. The van der Waals surface area contributed by atoms with Crippen LogP contribution < -0.4 is 0 Å². The summed E-state index contributed by atoms with van der Waals surface area (Å²) in [6.07, 6.45) is -2.51. The molecule has 2 rings (SSSR count). The standard InChI is InChI=1S/C14H18F3N3O2/c1-10-3-4-12(22-10)13-11(7-18-19-13)8-20(5-2-6-21)9-14(15,16)17/h3-4,7,21H,2,5-6,8-9H2,1H3,(H,18,19). The maximum atomic E-state index is 12.6. The van der Waals surface area contributed by atoms with E-state index < -0.39 is 12.7 Å².